The van der Waals surface area contributed by atoms with Crippen molar-refractivity contribution in [3.05, 3.63) is 23.7 Å². The van der Waals surface area contributed by atoms with Crippen molar-refractivity contribution >= 4 is 23.4 Å². The molecule has 2 aromatic rings. The number of piperazine rings is 1. The Morgan fingerprint density at radius 3 is 2.42 bits per heavy atom. The Morgan fingerprint density at radius 2 is 1.72 bits per heavy atom. The van der Waals surface area contributed by atoms with Gasteiger partial charge in [0.05, 0.1) is 0 Å². The summed E-state index contributed by atoms with van der Waals surface area (Å²) in [4.78, 5) is 27.3. The summed E-state index contributed by atoms with van der Waals surface area (Å²) in [6.07, 6.45) is 11.0. The monoisotopic (exact) mass is 494 g/mol. The van der Waals surface area contributed by atoms with E-state index in [-0.39, 0.29) is 5.92 Å². The molecule has 0 unspecified atom stereocenters. The number of aryl methyl sites for hydroxylation is 1. The van der Waals surface area contributed by atoms with Crippen LogP contribution in [0.4, 0.5) is 17.5 Å². The van der Waals surface area contributed by atoms with E-state index in [2.05, 4.69) is 43.7 Å². The normalized spacial score (nSPS) is 24.0. The van der Waals surface area contributed by atoms with Gasteiger partial charge in [-0.25, -0.2) is 9.97 Å². The van der Waals surface area contributed by atoms with Crippen molar-refractivity contribution in [1.29, 1.82) is 0 Å². The minimum absolute atomic E-state index is 0.242. The third-order valence-corrected chi connectivity index (χ3v) is 8.19. The number of aromatic amines is 1. The zero-order valence-electron chi connectivity index (χ0n) is 21.9. The maximum absolute atomic E-state index is 12.7. The molecule has 0 aromatic carbocycles. The molecule has 3 N–H and O–H groups in total. The molecular weight excluding hydrogens is 452 g/mol. The van der Waals surface area contributed by atoms with Crippen molar-refractivity contribution in [2.45, 2.75) is 77.2 Å². The van der Waals surface area contributed by atoms with Crippen LogP contribution in [0.25, 0.3) is 0 Å². The highest BCUT2D eigenvalue weighted by atomic mass is 16.1. The maximum Gasteiger partial charge on any atom is 0.223 e. The third-order valence-electron chi connectivity index (χ3n) is 8.19. The number of H-pyrrole nitrogens is 1. The molecular formula is C27H42N8O. The summed E-state index contributed by atoms with van der Waals surface area (Å²) in [5.74, 6) is 4.56. The van der Waals surface area contributed by atoms with Crippen molar-refractivity contribution in [2.75, 3.05) is 43.4 Å². The van der Waals surface area contributed by atoms with Gasteiger partial charge in [-0.05, 0) is 58.4 Å². The number of likely N-dealkylation sites (N-methyl/N-ethyl adjacent to an activating group) is 1. The molecule has 1 aliphatic heterocycles. The number of nitrogens with zero attached hydrogens (tertiary/aromatic N) is 5. The fourth-order valence-corrected chi connectivity index (χ4v) is 5.90. The molecule has 2 aromatic heterocycles. The summed E-state index contributed by atoms with van der Waals surface area (Å²) < 4.78 is 0. The van der Waals surface area contributed by atoms with Gasteiger partial charge in [0.1, 0.15) is 17.5 Å². The van der Waals surface area contributed by atoms with Gasteiger partial charge in [0, 0.05) is 62.4 Å². The molecule has 3 heterocycles. The highest BCUT2D eigenvalue weighted by Gasteiger charge is 2.27. The first kappa shape index (κ1) is 25.0. The van der Waals surface area contributed by atoms with Gasteiger partial charge >= 0.3 is 0 Å². The number of hydrogen-bond acceptors (Lipinski definition) is 7. The molecule has 0 bridgehead atoms. The van der Waals surface area contributed by atoms with Gasteiger partial charge in [0.15, 0.2) is 5.82 Å². The fraction of sp³-hybridized carbons (Fsp3) is 0.704. The van der Waals surface area contributed by atoms with Gasteiger partial charge in [-0.1, -0.05) is 19.3 Å². The quantitative estimate of drug-likeness (QED) is 0.538. The number of carbonyl (C=O) groups excluding carboxylic acids is 1. The van der Waals surface area contributed by atoms with Gasteiger partial charge in [-0.15, -0.1) is 0 Å². The molecule has 2 saturated carbocycles. The van der Waals surface area contributed by atoms with E-state index < -0.39 is 0 Å². The average molecular weight is 495 g/mol. The van der Waals surface area contributed by atoms with E-state index in [1.54, 1.807) is 0 Å². The Balaban J connectivity index is 1.21. The van der Waals surface area contributed by atoms with Gasteiger partial charge in [0.2, 0.25) is 5.91 Å². The number of rotatable bonds is 7. The van der Waals surface area contributed by atoms with E-state index in [9.17, 15) is 4.79 Å². The Morgan fingerprint density at radius 1 is 0.972 bits per heavy atom. The summed E-state index contributed by atoms with van der Waals surface area (Å²) in [7, 11) is 2.17. The number of hydrogen-bond donors (Lipinski definition) is 3. The molecule has 9 nitrogen and oxygen atoms in total. The molecule has 5 rings (SSSR count). The van der Waals surface area contributed by atoms with Crippen LogP contribution in [0.2, 0.25) is 0 Å². The van der Waals surface area contributed by atoms with Crippen LogP contribution in [-0.2, 0) is 11.2 Å². The average Bonchev–Trinajstić information content (AvgIpc) is 3.30. The Hall–Kier alpha value is -2.68. The highest BCUT2D eigenvalue weighted by Crippen LogP contribution is 2.30. The second-order valence-electron chi connectivity index (χ2n) is 11.1. The molecule has 196 valence electrons. The number of nitrogens with one attached hydrogen (secondary N) is 3. The summed E-state index contributed by atoms with van der Waals surface area (Å²) in [5.41, 5.74) is 1.01. The lowest BCUT2D eigenvalue weighted by Gasteiger charge is -2.33. The second kappa shape index (κ2) is 11.6. The fourth-order valence-electron chi connectivity index (χ4n) is 5.90. The van der Waals surface area contributed by atoms with Crippen molar-refractivity contribution < 1.29 is 4.79 Å². The van der Waals surface area contributed by atoms with E-state index in [4.69, 9.17) is 9.97 Å². The van der Waals surface area contributed by atoms with Crippen molar-refractivity contribution in [1.82, 2.24) is 30.4 Å². The molecule has 36 heavy (non-hydrogen) atoms. The standard InChI is InChI=1S/C27H42N8O/c1-19-16-25(33-32-19)30-24-18-26(35-14-12-34(2)13-15-35)31-23(29-24)17-20-8-10-22(11-9-20)28-27(36)21-6-4-3-5-7-21/h16,18,20-22H,3-15,17H2,1-2H3,(H,28,36)(H2,29,30,31,32,33). The predicted molar refractivity (Wildman–Crippen MR) is 143 cm³/mol. The van der Waals surface area contributed by atoms with E-state index in [1.165, 1.54) is 19.3 Å². The first-order chi connectivity index (χ1) is 17.5. The van der Waals surface area contributed by atoms with Crippen LogP contribution in [0.1, 0.15) is 69.3 Å². The molecule has 1 amide bonds. The van der Waals surface area contributed by atoms with Gasteiger partial charge < -0.3 is 20.4 Å². The SMILES string of the molecule is Cc1cc(Nc2cc(N3CCN(C)CC3)nc(CC3CCC(NC(=O)C4CCCCC4)CC3)n2)n[nH]1. The summed E-state index contributed by atoms with van der Waals surface area (Å²) in [5, 5.41) is 14.1. The predicted octanol–water partition coefficient (Wildman–Crippen LogP) is 3.80. The highest BCUT2D eigenvalue weighted by molar-refractivity contribution is 5.79. The first-order valence-electron chi connectivity index (χ1n) is 13.9. The van der Waals surface area contributed by atoms with Crippen molar-refractivity contribution in [3.63, 3.8) is 0 Å². The van der Waals surface area contributed by atoms with Crippen LogP contribution in [0.5, 0.6) is 0 Å². The van der Waals surface area contributed by atoms with Gasteiger partial charge in [-0.3, -0.25) is 9.89 Å². The number of carbonyl (C=O) groups is 1. The van der Waals surface area contributed by atoms with E-state index >= 15 is 0 Å². The lowest BCUT2D eigenvalue weighted by Crippen LogP contribution is -2.45. The Labute approximate surface area is 214 Å². The van der Waals surface area contributed by atoms with E-state index in [0.29, 0.717) is 17.9 Å². The minimum atomic E-state index is 0.242. The lowest BCUT2D eigenvalue weighted by molar-refractivity contribution is -0.126. The van der Waals surface area contributed by atoms with E-state index in [1.807, 2.05) is 13.0 Å². The molecule has 0 radical (unpaired) electrons. The largest absolute Gasteiger partial charge is 0.354 e. The Kier molecular flexibility index (Phi) is 8.04. The van der Waals surface area contributed by atoms with Crippen LogP contribution < -0.4 is 15.5 Å². The zero-order valence-corrected chi connectivity index (χ0v) is 21.9. The molecule has 2 aliphatic carbocycles. The van der Waals surface area contributed by atoms with Crippen LogP contribution in [-0.4, -0.2) is 70.2 Å². The molecule has 0 spiro atoms. The smallest absolute Gasteiger partial charge is 0.223 e. The maximum atomic E-state index is 12.7. The number of anilines is 3. The van der Waals surface area contributed by atoms with Crippen LogP contribution in [0, 0.1) is 18.8 Å². The van der Waals surface area contributed by atoms with Crippen molar-refractivity contribution in [2.24, 2.45) is 11.8 Å². The molecule has 9 heteroatoms. The molecule has 3 fully saturated rings. The summed E-state index contributed by atoms with van der Waals surface area (Å²) >= 11 is 0. The number of amides is 1. The van der Waals surface area contributed by atoms with E-state index in [0.717, 1.165) is 100 Å². The molecule has 1 saturated heterocycles. The Bertz CT molecular complexity index is 1000. The van der Waals surface area contributed by atoms with Crippen molar-refractivity contribution in [3.8, 4) is 0 Å². The first-order valence-corrected chi connectivity index (χ1v) is 13.9. The van der Waals surface area contributed by atoms with Gasteiger partial charge in [0.25, 0.3) is 0 Å². The topological polar surface area (TPSA) is 102 Å². The molecule has 3 aliphatic rings. The third kappa shape index (κ3) is 6.55. The van der Waals surface area contributed by atoms with Gasteiger partial charge in [-0.2, -0.15) is 5.10 Å². The lowest BCUT2D eigenvalue weighted by atomic mass is 9.83. The zero-order chi connectivity index (χ0) is 24.9. The minimum Gasteiger partial charge on any atom is -0.354 e. The summed E-state index contributed by atoms with van der Waals surface area (Å²) in [6, 6.07) is 4.37. The van der Waals surface area contributed by atoms with Crippen LogP contribution in [0.3, 0.4) is 0 Å². The second-order valence-corrected chi connectivity index (χ2v) is 11.1. The summed E-state index contributed by atoms with van der Waals surface area (Å²) in [6.45, 7) is 6.01. The van der Waals surface area contributed by atoms with Crippen LogP contribution in [0.15, 0.2) is 12.1 Å². The number of aromatic nitrogens is 4. The van der Waals surface area contributed by atoms with Crippen LogP contribution >= 0.6 is 0 Å². The molecule has 0 atom stereocenters.